The van der Waals surface area contributed by atoms with Crippen molar-refractivity contribution in [3.8, 4) is 11.5 Å². The van der Waals surface area contributed by atoms with Gasteiger partial charge in [-0.05, 0) is 13.0 Å². The van der Waals surface area contributed by atoms with Crippen molar-refractivity contribution in [2.24, 2.45) is 0 Å². The highest BCUT2D eigenvalue weighted by Gasteiger charge is 2.15. The summed E-state index contributed by atoms with van der Waals surface area (Å²) in [7, 11) is 6.89. The van der Waals surface area contributed by atoms with E-state index in [0.717, 1.165) is 5.69 Å². The first kappa shape index (κ1) is 12.4. The molecule has 0 aliphatic heterocycles. The van der Waals surface area contributed by atoms with Crippen LogP contribution in [0.1, 0.15) is 17.3 Å². The van der Waals surface area contributed by atoms with Crippen LogP contribution in [0.25, 0.3) is 0 Å². The number of methoxy groups -OCH3 is 2. The number of Topliss-reactive ketones (excluding diaryl/α,β-unsaturated/α-hetero) is 1. The summed E-state index contributed by atoms with van der Waals surface area (Å²) >= 11 is 0. The summed E-state index contributed by atoms with van der Waals surface area (Å²) in [5.74, 6) is 1.19. The molecule has 1 aromatic rings. The molecule has 0 saturated carbocycles. The van der Waals surface area contributed by atoms with Gasteiger partial charge in [-0.2, -0.15) is 0 Å². The molecule has 0 amide bonds. The van der Waals surface area contributed by atoms with Crippen LogP contribution in [-0.2, 0) is 0 Å². The van der Waals surface area contributed by atoms with Crippen molar-refractivity contribution >= 4 is 11.5 Å². The predicted molar refractivity (Wildman–Crippen MR) is 63.9 cm³/mol. The molecule has 0 saturated heterocycles. The van der Waals surface area contributed by atoms with E-state index in [2.05, 4.69) is 0 Å². The Hall–Kier alpha value is -1.71. The van der Waals surface area contributed by atoms with E-state index in [1.807, 2.05) is 19.0 Å². The number of hydrogen-bond acceptors (Lipinski definition) is 4. The van der Waals surface area contributed by atoms with Crippen molar-refractivity contribution in [1.82, 2.24) is 0 Å². The fourth-order valence-electron chi connectivity index (χ4n) is 1.52. The fourth-order valence-corrected chi connectivity index (χ4v) is 1.52. The van der Waals surface area contributed by atoms with E-state index >= 15 is 0 Å². The topological polar surface area (TPSA) is 38.8 Å². The first-order valence-electron chi connectivity index (χ1n) is 4.95. The Morgan fingerprint density at radius 2 is 1.62 bits per heavy atom. The minimum absolute atomic E-state index is 0.00431. The quantitative estimate of drug-likeness (QED) is 0.731. The summed E-state index contributed by atoms with van der Waals surface area (Å²) in [6, 6.07) is 3.51. The molecule has 0 radical (unpaired) electrons. The molecule has 0 N–H and O–H groups in total. The van der Waals surface area contributed by atoms with Gasteiger partial charge < -0.3 is 14.4 Å². The summed E-state index contributed by atoms with van der Waals surface area (Å²) in [6.07, 6.45) is 0. The second kappa shape index (κ2) is 4.88. The number of ketones is 1. The van der Waals surface area contributed by atoms with E-state index in [-0.39, 0.29) is 5.78 Å². The highest BCUT2D eigenvalue weighted by Crippen LogP contribution is 2.34. The highest BCUT2D eigenvalue weighted by atomic mass is 16.5. The lowest BCUT2D eigenvalue weighted by molar-refractivity contribution is 0.101. The molecule has 0 spiro atoms. The van der Waals surface area contributed by atoms with Gasteiger partial charge in [0, 0.05) is 25.7 Å². The van der Waals surface area contributed by atoms with Crippen molar-refractivity contribution < 1.29 is 14.3 Å². The molecule has 0 aromatic heterocycles. The Bertz CT molecular complexity index is 399. The van der Waals surface area contributed by atoms with E-state index in [0.29, 0.717) is 17.1 Å². The van der Waals surface area contributed by atoms with Crippen LogP contribution in [0.2, 0.25) is 0 Å². The van der Waals surface area contributed by atoms with E-state index in [9.17, 15) is 4.79 Å². The molecule has 0 heterocycles. The lowest BCUT2D eigenvalue weighted by atomic mass is 10.1. The van der Waals surface area contributed by atoms with Crippen LogP contribution in [0.5, 0.6) is 11.5 Å². The van der Waals surface area contributed by atoms with E-state index < -0.39 is 0 Å². The molecule has 0 aliphatic rings. The lowest BCUT2D eigenvalue weighted by Gasteiger charge is -2.19. The fraction of sp³-hybridized carbons (Fsp3) is 0.417. The predicted octanol–water partition coefficient (Wildman–Crippen LogP) is 1.97. The molecule has 16 heavy (non-hydrogen) atoms. The Morgan fingerprint density at radius 1 is 1.12 bits per heavy atom. The molecule has 1 aromatic carbocycles. The summed E-state index contributed by atoms with van der Waals surface area (Å²) in [6.45, 7) is 1.54. The molecule has 0 unspecified atom stereocenters. The molecule has 0 atom stereocenters. The molecular weight excluding hydrogens is 206 g/mol. The van der Waals surface area contributed by atoms with Crippen LogP contribution in [0, 0.1) is 0 Å². The average Bonchev–Trinajstić information content (AvgIpc) is 2.26. The first-order valence-corrected chi connectivity index (χ1v) is 4.95. The largest absolute Gasteiger partial charge is 0.493 e. The number of carbonyl (C=O) groups excluding carboxylic acids is 1. The van der Waals surface area contributed by atoms with Gasteiger partial charge in [0.25, 0.3) is 0 Å². The zero-order valence-corrected chi connectivity index (χ0v) is 10.3. The summed E-state index contributed by atoms with van der Waals surface area (Å²) in [5, 5.41) is 0. The lowest BCUT2D eigenvalue weighted by Crippen LogP contribution is -2.13. The van der Waals surface area contributed by atoms with Crippen LogP contribution in [0.3, 0.4) is 0 Å². The van der Waals surface area contributed by atoms with E-state index in [1.54, 1.807) is 26.4 Å². The second-order valence-corrected chi connectivity index (χ2v) is 3.67. The number of anilines is 1. The van der Waals surface area contributed by atoms with Crippen LogP contribution in [0.15, 0.2) is 12.1 Å². The van der Waals surface area contributed by atoms with Crippen molar-refractivity contribution in [2.75, 3.05) is 33.2 Å². The van der Waals surface area contributed by atoms with Crippen LogP contribution in [0.4, 0.5) is 5.69 Å². The van der Waals surface area contributed by atoms with Crippen molar-refractivity contribution in [3.63, 3.8) is 0 Å². The number of carbonyl (C=O) groups is 1. The zero-order chi connectivity index (χ0) is 12.3. The third-order valence-corrected chi connectivity index (χ3v) is 2.36. The molecule has 88 valence electrons. The number of hydrogen-bond donors (Lipinski definition) is 0. The maximum atomic E-state index is 11.5. The summed E-state index contributed by atoms with van der Waals surface area (Å²) < 4.78 is 10.4. The minimum atomic E-state index is 0.00431. The van der Waals surface area contributed by atoms with E-state index in [1.165, 1.54) is 6.92 Å². The average molecular weight is 223 g/mol. The van der Waals surface area contributed by atoms with Crippen LogP contribution < -0.4 is 14.4 Å². The smallest absolute Gasteiger partial charge is 0.162 e. The second-order valence-electron chi connectivity index (χ2n) is 3.67. The van der Waals surface area contributed by atoms with E-state index in [4.69, 9.17) is 9.47 Å². The molecule has 0 aliphatic carbocycles. The zero-order valence-electron chi connectivity index (χ0n) is 10.3. The third kappa shape index (κ3) is 2.27. The maximum Gasteiger partial charge on any atom is 0.162 e. The summed E-state index contributed by atoms with van der Waals surface area (Å²) in [5.41, 5.74) is 1.45. The molecule has 4 nitrogen and oxygen atoms in total. The Kier molecular flexibility index (Phi) is 3.77. The Balaban J connectivity index is 3.41. The van der Waals surface area contributed by atoms with Crippen molar-refractivity contribution in [1.29, 1.82) is 0 Å². The van der Waals surface area contributed by atoms with Crippen molar-refractivity contribution in [3.05, 3.63) is 17.7 Å². The van der Waals surface area contributed by atoms with Crippen LogP contribution >= 0.6 is 0 Å². The summed E-state index contributed by atoms with van der Waals surface area (Å²) in [4.78, 5) is 13.4. The third-order valence-electron chi connectivity index (χ3n) is 2.36. The Labute approximate surface area is 95.8 Å². The standard InChI is InChI=1S/C12H17NO3/c1-8(14)9-6-11(15-4)12(16-5)7-10(9)13(2)3/h6-7H,1-5H3. The van der Waals surface area contributed by atoms with Gasteiger partial charge in [0.05, 0.1) is 19.9 Å². The molecule has 1 rings (SSSR count). The van der Waals surface area contributed by atoms with Gasteiger partial charge in [-0.3, -0.25) is 4.79 Å². The van der Waals surface area contributed by atoms with Gasteiger partial charge in [0.2, 0.25) is 0 Å². The van der Waals surface area contributed by atoms with Crippen molar-refractivity contribution in [2.45, 2.75) is 6.92 Å². The number of nitrogens with zero attached hydrogens (tertiary/aromatic N) is 1. The van der Waals surface area contributed by atoms with Gasteiger partial charge in [-0.15, -0.1) is 0 Å². The number of benzene rings is 1. The molecule has 0 bridgehead atoms. The molecular formula is C12H17NO3. The van der Waals surface area contributed by atoms with Gasteiger partial charge in [0.15, 0.2) is 17.3 Å². The maximum absolute atomic E-state index is 11.5. The molecule has 4 heteroatoms. The van der Waals surface area contributed by atoms with Gasteiger partial charge in [-0.25, -0.2) is 0 Å². The number of rotatable bonds is 4. The van der Waals surface area contributed by atoms with Gasteiger partial charge in [-0.1, -0.05) is 0 Å². The normalized spacial score (nSPS) is 9.81. The number of ether oxygens (including phenoxy) is 2. The highest BCUT2D eigenvalue weighted by molar-refractivity contribution is 6.00. The van der Waals surface area contributed by atoms with Gasteiger partial charge >= 0.3 is 0 Å². The Morgan fingerprint density at radius 3 is 2.00 bits per heavy atom. The first-order chi connectivity index (χ1) is 7.51. The minimum Gasteiger partial charge on any atom is -0.493 e. The monoisotopic (exact) mass is 223 g/mol. The SMILES string of the molecule is COc1cc(C(C)=O)c(N(C)C)cc1OC. The molecule has 0 fully saturated rings. The van der Waals surface area contributed by atoms with Gasteiger partial charge in [0.1, 0.15) is 0 Å². The van der Waals surface area contributed by atoms with Crippen LogP contribution in [-0.4, -0.2) is 34.1 Å².